The van der Waals surface area contributed by atoms with Crippen LogP contribution in [0.25, 0.3) is 0 Å². The molecule has 1 aromatic heterocycles. The lowest BCUT2D eigenvalue weighted by Crippen LogP contribution is -2.22. The molecule has 0 atom stereocenters. The lowest BCUT2D eigenvalue weighted by molar-refractivity contribution is -0.384. The van der Waals surface area contributed by atoms with Crippen molar-refractivity contribution in [2.45, 2.75) is 0 Å². The predicted molar refractivity (Wildman–Crippen MR) is 81.8 cm³/mol. The average Bonchev–Trinajstić information content (AvgIpc) is 3.10. The summed E-state index contributed by atoms with van der Waals surface area (Å²) in [6.45, 7) is 0. The molecular formula is C15H10N6O2. The van der Waals surface area contributed by atoms with Crippen LogP contribution in [0.3, 0.4) is 0 Å². The standard InChI is InChI=1S/C15H10N6O2/c16-9-12-1-3-13(4-2-12)20(19-10-17-18-11-19)14-5-7-15(8-6-14)21(22)23/h1-8,10-11H. The molecule has 8 nitrogen and oxygen atoms in total. The molecule has 0 saturated heterocycles. The molecule has 0 aliphatic rings. The van der Waals surface area contributed by atoms with E-state index in [1.165, 1.54) is 24.8 Å². The molecule has 0 saturated carbocycles. The van der Waals surface area contributed by atoms with Crippen molar-refractivity contribution in [3.05, 3.63) is 76.9 Å². The van der Waals surface area contributed by atoms with Crippen LogP contribution in [-0.2, 0) is 0 Å². The first-order valence-electron chi connectivity index (χ1n) is 6.59. The lowest BCUT2D eigenvalue weighted by Gasteiger charge is -2.24. The second-order valence-corrected chi connectivity index (χ2v) is 4.59. The molecule has 8 heteroatoms. The van der Waals surface area contributed by atoms with E-state index in [0.717, 1.165) is 5.69 Å². The number of nitro benzene ring substituents is 1. The van der Waals surface area contributed by atoms with Crippen LogP contribution in [0.5, 0.6) is 0 Å². The van der Waals surface area contributed by atoms with Gasteiger partial charge in [0.2, 0.25) is 0 Å². The zero-order chi connectivity index (χ0) is 16.2. The number of hydrogen-bond donors (Lipinski definition) is 0. The maximum absolute atomic E-state index is 10.8. The van der Waals surface area contributed by atoms with Gasteiger partial charge in [0.25, 0.3) is 5.69 Å². The predicted octanol–water partition coefficient (Wildman–Crippen LogP) is 2.66. The molecule has 0 spiro atoms. The van der Waals surface area contributed by atoms with Crippen LogP contribution in [0.4, 0.5) is 17.1 Å². The maximum atomic E-state index is 10.8. The Kier molecular flexibility index (Phi) is 3.68. The van der Waals surface area contributed by atoms with Crippen molar-refractivity contribution in [1.29, 1.82) is 5.26 Å². The van der Waals surface area contributed by atoms with Gasteiger partial charge in [-0.25, -0.2) is 9.69 Å². The van der Waals surface area contributed by atoms with Crippen molar-refractivity contribution in [2.75, 3.05) is 5.01 Å². The molecule has 3 rings (SSSR count). The lowest BCUT2D eigenvalue weighted by atomic mass is 10.2. The molecule has 0 amide bonds. The van der Waals surface area contributed by atoms with Gasteiger partial charge in [0.1, 0.15) is 12.7 Å². The van der Waals surface area contributed by atoms with E-state index < -0.39 is 4.92 Å². The van der Waals surface area contributed by atoms with Gasteiger partial charge >= 0.3 is 0 Å². The quantitative estimate of drug-likeness (QED) is 0.542. The molecule has 2 aromatic carbocycles. The van der Waals surface area contributed by atoms with Gasteiger partial charge in [-0.2, -0.15) is 5.26 Å². The van der Waals surface area contributed by atoms with Crippen LogP contribution in [0.2, 0.25) is 0 Å². The topological polar surface area (TPSA) is 101 Å². The van der Waals surface area contributed by atoms with Crippen LogP contribution in [0, 0.1) is 21.4 Å². The summed E-state index contributed by atoms with van der Waals surface area (Å²) in [5.41, 5.74) is 2.01. The monoisotopic (exact) mass is 306 g/mol. The summed E-state index contributed by atoms with van der Waals surface area (Å²) in [5.74, 6) is 0. The number of anilines is 2. The summed E-state index contributed by atoms with van der Waals surface area (Å²) >= 11 is 0. The molecule has 1 heterocycles. The Morgan fingerprint density at radius 1 is 1.00 bits per heavy atom. The Hall–Kier alpha value is -3.73. The Balaban J connectivity index is 2.05. The zero-order valence-corrected chi connectivity index (χ0v) is 11.8. The van der Waals surface area contributed by atoms with Gasteiger partial charge in [-0.05, 0) is 36.4 Å². The zero-order valence-electron chi connectivity index (χ0n) is 11.8. The smallest absolute Gasteiger partial charge is 0.258 e. The van der Waals surface area contributed by atoms with E-state index in [2.05, 4.69) is 16.3 Å². The first kappa shape index (κ1) is 14.2. The van der Waals surface area contributed by atoms with Crippen molar-refractivity contribution in [2.24, 2.45) is 0 Å². The molecule has 23 heavy (non-hydrogen) atoms. The van der Waals surface area contributed by atoms with Gasteiger partial charge in [-0.3, -0.25) is 10.1 Å². The molecule has 0 fully saturated rings. The van der Waals surface area contributed by atoms with Crippen molar-refractivity contribution in [1.82, 2.24) is 14.9 Å². The van der Waals surface area contributed by atoms with E-state index >= 15 is 0 Å². The number of non-ortho nitro benzene ring substituents is 1. The first-order chi connectivity index (χ1) is 11.2. The van der Waals surface area contributed by atoms with E-state index in [-0.39, 0.29) is 5.69 Å². The number of benzene rings is 2. The Morgan fingerprint density at radius 2 is 1.52 bits per heavy atom. The van der Waals surface area contributed by atoms with E-state index in [4.69, 9.17) is 5.26 Å². The van der Waals surface area contributed by atoms with E-state index in [1.807, 2.05) is 0 Å². The van der Waals surface area contributed by atoms with Gasteiger partial charge in [-0.15, -0.1) is 10.2 Å². The minimum absolute atomic E-state index is 0.0114. The van der Waals surface area contributed by atoms with Crippen LogP contribution in [0.15, 0.2) is 61.2 Å². The number of hydrogen-bond acceptors (Lipinski definition) is 6. The van der Waals surface area contributed by atoms with Crippen molar-refractivity contribution < 1.29 is 4.92 Å². The van der Waals surface area contributed by atoms with Gasteiger partial charge in [0.15, 0.2) is 0 Å². The summed E-state index contributed by atoms with van der Waals surface area (Å²) in [5, 5.41) is 29.0. The number of nitriles is 1. The third-order valence-corrected chi connectivity index (χ3v) is 3.18. The Bertz CT molecular complexity index is 850. The third-order valence-electron chi connectivity index (χ3n) is 3.18. The molecular weight excluding hydrogens is 296 g/mol. The van der Waals surface area contributed by atoms with Crippen LogP contribution in [-0.4, -0.2) is 19.8 Å². The van der Waals surface area contributed by atoms with Crippen molar-refractivity contribution >= 4 is 17.1 Å². The maximum Gasteiger partial charge on any atom is 0.269 e. The molecule has 0 N–H and O–H groups in total. The normalized spacial score (nSPS) is 10.0. The third kappa shape index (κ3) is 2.84. The number of aromatic nitrogens is 3. The fourth-order valence-corrected chi connectivity index (χ4v) is 2.11. The molecule has 0 bridgehead atoms. The summed E-state index contributed by atoms with van der Waals surface area (Å²) in [6.07, 6.45) is 3.03. The molecule has 3 aromatic rings. The molecule has 0 unspecified atom stereocenters. The number of rotatable bonds is 4. The van der Waals surface area contributed by atoms with Gasteiger partial charge in [0.05, 0.1) is 27.9 Å². The highest BCUT2D eigenvalue weighted by atomic mass is 16.6. The molecule has 0 aliphatic carbocycles. The van der Waals surface area contributed by atoms with Crippen molar-refractivity contribution in [3.63, 3.8) is 0 Å². The molecule has 0 aliphatic heterocycles. The minimum atomic E-state index is -0.450. The number of nitrogens with zero attached hydrogens (tertiary/aromatic N) is 6. The van der Waals surface area contributed by atoms with Gasteiger partial charge in [-0.1, -0.05) is 0 Å². The van der Waals surface area contributed by atoms with E-state index in [1.54, 1.807) is 46.1 Å². The van der Waals surface area contributed by atoms with Gasteiger partial charge < -0.3 is 0 Å². The van der Waals surface area contributed by atoms with Crippen LogP contribution >= 0.6 is 0 Å². The fourth-order valence-electron chi connectivity index (χ4n) is 2.11. The molecule has 0 radical (unpaired) electrons. The summed E-state index contributed by atoms with van der Waals surface area (Å²) in [4.78, 5) is 10.3. The molecule has 112 valence electrons. The highest BCUT2D eigenvalue weighted by Gasteiger charge is 2.13. The van der Waals surface area contributed by atoms with Gasteiger partial charge in [0, 0.05) is 12.1 Å². The highest BCUT2D eigenvalue weighted by molar-refractivity contribution is 5.64. The summed E-state index contributed by atoms with van der Waals surface area (Å²) < 4.78 is 1.64. The van der Waals surface area contributed by atoms with Crippen LogP contribution < -0.4 is 5.01 Å². The SMILES string of the molecule is N#Cc1ccc(N(c2ccc([N+](=O)[O-])cc2)n2cnnc2)cc1. The Morgan fingerprint density at radius 3 is 2.00 bits per heavy atom. The summed E-state index contributed by atoms with van der Waals surface area (Å²) in [7, 11) is 0. The second kappa shape index (κ2) is 5.95. The summed E-state index contributed by atoms with van der Waals surface area (Å²) in [6, 6.07) is 15.1. The Labute approximate surface area is 131 Å². The average molecular weight is 306 g/mol. The van der Waals surface area contributed by atoms with Crippen molar-refractivity contribution in [3.8, 4) is 6.07 Å². The fraction of sp³-hybridized carbons (Fsp3) is 0. The van der Waals surface area contributed by atoms with E-state index in [0.29, 0.717) is 11.3 Å². The minimum Gasteiger partial charge on any atom is -0.258 e. The first-order valence-corrected chi connectivity index (χ1v) is 6.59. The largest absolute Gasteiger partial charge is 0.269 e. The number of nitro groups is 1. The van der Waals surface area contributed by atoms with E-state index in [9.17, 15) is 10.1 Å². The van der Waals surface area contributed by atoms with Crippen LogP contribution in [0.1, 0.15) is 5.56 Å². The second-order valence-electron chi connectivity index (χ2n) is 4.59. The highest BCUT2D eigenvalue weighted by Crippen LogP contribution is 2.27.